The summed E-state index contributed by atoms with van der Waals surface area (Å²) < 4.78 is 0. The van der Waals surface area contributed by atoms with Crippen molar-refractivity contribution in [1.29, 1.82) is 0 Å². The van der Waals surface area contributed by atoms with Crippen LogP contribution in [0, 0.1) is 11.5 Å². The van der Waals surface area contributed by atoms with Crippen LogP contribution in [0.3, 0.4) is 0 Å². The second kappa shape index (κ2) is 4.82. The van der Waals surface area contributed by atoms with E-state index < -0.39 is 16.9 Å². The fraction of sp³-hybridized carbons (Fsp3) is 0.385. The minimum absolute atomic E-state index is 0.642. The molecule has 0 aliphatic heterocycles. The molecule has 15 heavy (non-hydrogen) atoms. The summed E-state index contributed by atoms with van der Waals surface area (Å²) in [5.41, 5.74) is 4.55. The van der Waals surface area contributed by atoms with Crippen LogP contribution < -0.4 is 5.19 Å². The molecular formula is C13H20Si2. The van der Waals surface area contributed by atoms with Crippen LogP contribution in [0.4, 0.5) is 0 Å². The number of hydrogen-bond donors (Lipinski definition) is 0. The lowest BCUT2D eigenvalue weighted by Gasteiger charge is -2.04. The molecule has 1 aromatic rings. The Morgan fingerprint density at radius 2 is 1.53 bits per heavy atom. The first-order chi connectivity index (χ1) is 6.88. The van der Waals surface area contributed by atoms with Crippen molar-refractivity contribution >= 4 is 22.1 Å². The summed E-state index contributed by atoms with van der Waals surface area (Å²) >= 11 is 0. The van der Waals surface area contributed by atoms with Crippen LogP contribution in [0.15, 0.2) is 24.3 Å². The lowest BCUT2D eigenvalue weighted by molar-refractivity contribution is 1.67. The van der Waals surface area contributed by atoms with E-state index in [-0.39, 0.29) is 0 Å². The molecule has 0 amide bonds. The van der Waals surface area contributed by atoms with Crippen molar-refractivity contribution in [3.8, 4) is 11.5 Å². The highest BCUT2D eigenvalue weighted by molar-refractivity contribution is 6.83. The molecule has 0 radical (unpaired) electrons. The zero-order chi connectivity index (χ0) is 11.5. The molecule has 0 aliphatic carbocycles. The molecule has 0 aromatic heterocycles. The summed E-state index contributed by atoms with van der Waals surface area (Å²) in [6, 6.07) is 8.81. The van der Waals surface area contributed by atoms with Crippen molar-refractivity contribution < 1.29 is 0 Å². The van der Waals surface area contributed by atoms with E-state index in [2.05, 4.69) is 68.5 Å². The molecule has 0 N–H and O–H groups in total. The highest BCUT2D eigenvalue weighted by Crippen LogP contribution is 2.00. The SMILES string of the molecule is C[SiH](C)c1ccc(C#C[Si](C)(C)C)cc1. The van der Waals surface area contributed by atoms with Crippen molar-refractivity contribution in [3.63, 3.8) is 0 Å². The lowest BCUT2D eigenvalue weighted by Crippen LogP contribution is -2.21. The topological polar surface area (TPSA) is 0 Å². The second-order valence-electron chi connectivity index (χ2n) is 5.28. The van der Waals surface area contributed by atoms with Crippen LogP contribution in [0.25, 0.3) is 0 Å². The molecule has 0 saturated carbocycles. The van der Waals surface area contributed by atoms with Gasteiger partial charge in [-0.3, -0.25) is 0 Å². The van der Waals surface area contributed by atoms with Gasteiger partial charge in [0.1, 0.15) is 8.07 Å². The Labute approximate surface area is 96.3 Å². The molecule has 0 fully saturated rings. The van der Waals surface area contributed by atoms with Gasteiger partial charge in [0.05, 0.1) is 8.80 Å². The van der Waals surface area contributed by atoms with E-state index in [0.717, 1.165) is 5.56 Å². The Bertz CT molecular complexity index is 372. The van der Waals surface area contributed by atoms with Crippen LogP contribution >= 0.6 is 0 Å². The predicted molar refractivity (Wildman–Crippen MR) is 75.2 cm³/mol. The fourth-order valence-corrected chi connectivity index (χ4v) is 2.69. The highest BCUT2D eigenvalue weighted by atomic mass is 28.3. The molecule has 1 rings (SSSR count). The van der Waals surface area contributed by atoms with Gasteiger partial charge in [-0.2, -0.15) is 0 Å². The van der Waals surface area contributed by atoms with E-state index in [1.807, 2.05) is 0 Å². The molecular weight excluding hydrogens is 212 g/mol. The van der Waals surface area contributed by atoms with E-state index >= 15 is 0 Å². The van der Waals surface area contributed by atoms with Gasteiger partial charge in [0.2, 0.25) is 0 Å². The van der Waals surface area contributed by atoms with E-state index in [1.54, 1.807) is 0 Å². The molecule has 1 aromatic carbocycles. The molecule has 0 bridgehead atoms. The third kappa shape index (κ3) is 4.50. The largest absolute Gasteiger partial charge is 0.129 e. The smallest absolute Gasteiger partial charge is 0.127 e. The summed E-state index contributed by atoms with van der Waals surface area (Å²) in [5.74, 6) is 3.28. The second-order valence-corrected chi connectivity index (χ2v) is 13.0. The van der Waals surface area contributed by atoms with Gasteiger partial charge >= 0.3 is 0 Å². The van der Waals surface area contributed by atoms with Gasteiger partial charge in [0.15, 0.2) is 0 Å². The zero-order valence-corrected chi connectivity index (χ0v) is 12.5. The molecule has 0 spiro atoms. The maximum atomic E-state index is 3.39. The molecule has 0 atom stereocenters. The molecule has 0 nitrogen and oxygen atoms in total. The molecule has 80 valence electrons. The standard InChI is InChI=1S/C13H20Si2/c1-14(2)13-8-6-12(7-9-13)10-11-15(3,4)5/h6-9,14H,1-5H3. The summed E-state index contributed by atoms with van der Waals surface area (Å²) in [7, 11) is -1.87. The van der Waals surface area contributed by atoms with Gasteiger partial charge in [-0.1, -0.05) is 56.0 Å². The van der Waals surface area contributed by atoms with Crippen molar-refractivity contribution in [2.45, 2.75) is 32.7 Å². The van der Waals surface area contributed by atoms with Gasteiger partial charge in [-0.25, -0.2) is 0 Å². The normalized spacial score (nSPS) is 11.1. The van der Waals surface area contributed by atoms with E-state index in [9.17, 15) is 0 Å². The first kappa shape index (κ1) is 12.3. The quantitative estimate of drug-likeness (QED) is 0.516. The Balaban J connectivity index is 2.85. The maximum absolute atomic E-state index is 3.39. The lowest BCUT2D eigenvalue weighted by atomic mass is 10.2. The Morgan fingerprint density at radius 1 is 1.00 bits per heavy atom. The van der Waals surface area contributed by atoms with Crippen molar-refractivity contribution in [3.05, 3.63) is 29.8 Å². The van der Waals surface area contributed by atoms with Crippen LogP contribution in [-0.4, -0.2) is 16.9 Å². The van der Waals surface area contributed by atoms with E-state index in [0.29, 0.717) is 0 Å². The predicted octanol–water partition coefficient (Wildman–Crippen LogP) is 2.61. The molecule has 2 heteroatoms. The summed E-state index contributed by atoms with van der Waals surface area (Å²) in [4.78, 5) is 0. The van der Waals surface area contributed by atoms with E-state index in [1.165, 1.54) is 5.19 Å². The van der Waals surface area contributed by atoms with Gasteiger partial charge in [-0.05, 0) is 12.1 Å². The van der Waals surface area contributed by atoms with Crippen LogP contribution in [0.1, 0.15) is 5.56 Å². The first-order valence-electron chi connectivity index (χ1n) is 5.51. The maximum Gasteiger partial charge on any atom is 0.129 e. The minimum atomic E-state index is -1.23. The average Bonchev–Trinajstić information content (AvgIpc) is 2.14. The molecule has 0 unspecified atom stereocenters. The minimum Gasteiger partial charge on any atom is -0.127 e. The molecule has 0 heterocycles. The zero-order valence-electron chi connectivity index (χ0n) is 10.4. The molecule has 0 aliphatic rings. The molecule has 0 saturated heterocycles. The Kier molecular flexibility index (Phi) is 3.95. The van der Waals surface area contributed by atoms with Crippen LogP contribution in [0.2, 0.25) is 32.7 Å². The fourth-order valence-electron chi connectivity index (χ4n) is 1.21. The summed E-state index contributed by atoms with van der Waals surface area (Å²) in [6.45, 7) is 11.5. The van der Waals surface area contributed by atoms with E-state index in [4.69, 9.17) is 0 Å². The monoisotopic (exact) mass is 232 g/mol. The van der Waals surface area contributed by atoms with Crippen molar-refractivity contribution in [2.75, 3.05) is 0 Å². The highest BCUT2D eigenvalue weighted by Gasteiger charge is 2.07. The average molecular weight is 232 g/mol. The Morgan fingerprint density at radius 3 is 1.93 bits per heavy atom. The summed E-state index contributed by atoms with van der Waals surface area (Å²) in [5, 5.41) is 1.52. The van der Waals surface area contributed by atoms with Gasteiger partial charge in [-0.15, -0.1) is 5.54 Å². The summed E-state index contributed by atoms with van der Waals surface area (Å²) in [6.07, 6.45) is 0. The first-order valence-corrected chi connectivity index (χ1v) is 11.9. The van der Waals surface area contributed by atoms with Gasteiger partial charge in [0.25, 0.3) is 0 Å². The van der Waals surface area contributed by atoms with Crippen molar-refractivity contribution in [2.24, 2.45) is 0 Å². The Hall–Kier alpha value is -0.786. The van der Waals surface area contributed by atoms with Crippen LogP contribution in [-0.2, 0) is 0 Å². The third-order valence-corrected chi connectivity index (χ3v) is 4.75. The van der Waals surface area contributed by atoms with Gasteiger partial charge < -0.3 is 0 Å². The third-order valence-electron chi connectivity index (χ3n) is 2.16. The van der Waals surface area contributed by atoms with Gasteiger partial charge in [0, 0.05) is 5.56 Å². The number of hydrogen-bond acceptors (Lipinski definition) is 0. The number of benzene rings is 1. The van der Waals surface area contributed by atoms with Crippen LogP contribution in [0.5, 0.6) is 0 Å². The number of rotatable bonds is 1. The van der Waals surface area contributed by atoms with Crippen molar-refractivity contribution in [1.82, 2.24) is 0 Å².